The zero-order chi connectivity index (χ0) is 30.9. The molecule has 43 heavy (non-hydrogen) atoms. The molecule has 2 N–H and O–H groups in total. The number of carboxylic acid groups (broad SMARTS) is 1. The number of hydrogen-bond donors (Lipinski definition) is 2. The largest absolute Gasteiger partial charge is 0.490 e. The van der Waals surface area contributed by atoms with Gasteiger partial charge >= 0.3 is 12.1 Å². The van der Waals surface area contributed by atoms with Crippen LogP contribution in [0.4, 0.5) is 35.0 Å². The van der Waals surface area contributed by atoms with Crippen molar-refractivity contribution in [1.82, 2.24) is 24.7 Å². The van der Waals surface area contributed by atoms with Crippen molar-refractivity contribution >= 4 is 57.4 Å². The molecule has 2 aromatic heterocycles. The van der Waals surface area contributed by atoms with E-state index in [-0.39, 0.29) is 5.82 Å². The van der Waals surface area contributed by atoms with Crippen LogP contribution in [0.3, 0.4) is 0 Å². The van der Waals surface area contributed by atoms with Gasteiger partial charge in [0.1, 0.15) is 16.5 Å². The Morgan fingerprint density at radius 3 is 2.53 bits per heavy atom. The van der Waals surface area contributed by atoms with Gasteiger partial charge in [-0.1, -0.05) is 35.3 Å². The van der Waals surface area contributed by atoms with Crippen molar-refractivity contribution in [2.45, 2.75) is 37.0 Å². The number of nitrogens with zero attached hydrogens (tertiary/aromatic N) is 6. The summed E-state index contributed by atoms with van der Waals surface area (Å²) in [5.41, 5.74) is 2.30. The first kappa shape index (κ1) is 30.6. The standard InChI is InChI=1S/C24H20Cl2FN7OS.C2HF3O2/c25-17-5-4-14(10-18(17)26)11-20-31-32-21-13-33(7-8-34(20)21)24-29-19-6-9-36(35)22(19)23(30-24)28-16-3-1-2-15(27)12-16;3-2(4,5)1(6)7/h1-5,10,12H,6-9,11,13H2,(H,28,29,30);(H,6,7). The van der Waals surface area contributed by atoms with Crippen LogP contribution in [-0.4, -0.2) is 58.5 Å². The number of aromatic nitrogens is 5. The lowest BCUT2D eigenvalue weighted by Crippen LogP contribution is -2.35. The first-order chi connectivity index (χ1) is 20.4. The molecule has 0 amide bonds. The Hall–Kier alpha value is -3.82. The Morgan fingerprint density at radius 2 is 1.84 bits per heavy atom. The summed E-state index contributed by atoms with van der Waals surface area (Å²) < 4.78 is 60.2. The van der Waals surface area contributed by atoms with E-state index in [0.717, 1.165) is 22.9 Å². The van der Waals surface area contributed by atoms with Crippen molar-refractivity contribution in [1.29, 1.82) is 0 Å². The molecule has 0 aliphatic carbocycles. The Balaban J connectivity index is 0.000000472. The van der Waals surface area contributed by atoms with Gasteiger partial charge in [0, 0.05) is 37.4 Å². The predicted molar refractivity (Wildman–Crippen MR) is 151 cm³/mol. The number of hydrogen-bond acceptors (Lipinski definition) is 8. The summed E-state index contributed by atoms with van der Waals surface area (Å²) >= 11 is 12.2. The van der Waals surface area contributed by atoms with Gasteiger partial charge in [-0.15, -0.1) is 10.2 Å². The van der Waals surface area contributed by atoms with E-state index in [2.05, 4.69) is 20.1 Å². The average Bonchev–Trinajstić information content (AvgIpc) is 3.53. The smallest absolute Gasteiger partial charge is 0.475 e. The molecule has 0 saturated heterocycles. The second kappa shape index (κ2) is 12.4. The lowest BCUT2D eigenvalue weighted by atomic mass is 10.1. The lowest BCUT2D eigenvalue weighted by molar-refractivity contribution is -0.192. The highest BCUT2D eigenvalue weighted by Gasteiger charge is 2.38. The van der Waals surface area contributed by atoms with Crippen LogP contribution in [0, 0.1) is 5.82 Å². The second-order valence-corrected chi connectivity index (χ2v) is 11.7. The fraction of sp³-hybridized carbons (Fsp3) is 0.269. The molecule has 226 valence electrons. The monoisotopic (exact) mass is 657 g/mol. The summed E-state index contributed by atoms with van der Waals surface area (Å²) in [4.78, 5) is 21.0. The highest BCUT2D eigenvalue weighted by molar-refractivity contribution is 7.85. The number of halogens is 6. The number of benzene rings is 2. The van der Waals surface area contributed by atoms with Crippen LogP contribution < -0.4 is 10.2 Å². The Bertz CT molecular complexity index is 1720. The summed E-state index contributed by atoms with van der Waals surface area (Å²) in [6.45, 7) is 1.80. The minimum atomic E-state index is -5.08. The third-order valence-corrected chi connectivity index (χ3v) is 8.66. The van der Waals surface area contributed by atoms with E-state index < -0.39 is 22.9 Å². The lowest BCUT2D eigenvalue weighted by Gasteiger charge is -2.28. The molecule has 0 saturated carbocycles. The summed E-state index contributed by atoms with van der Waals surface area (Å²) in [5, 5.41) is 20.1. The second-order valence-electron chi connectivity index (χ2n) is 9.42. The van der Waals surface area contributed by atoms with E-state index in [1.165, 1.54) is 12.1 Å². The molecule has 4 aromatic rings. The van der Waals surface area contributed by atoms with Gasteiger partial charge in [0.25, 0.3) is 0 Å². The van der Waals surface area contributed by atoms with Crippen molar-refractivity contribution in [3.05, 3.63) is 81.2 Å². The van der Waals surface area contributed by atoms with Gasteiger partial charge in [0.15, 0.2) is 11.6 Å². The van der Waals surface area contributed by atoms with Gasteiger partial charge in [0.2, 0.25) is 5.95 Å². The van der Waals surface area contributed by atoms with Gasteiger partial charge in [0.05, 0.1) is 33.1 Å². The highest BCUT2D eigenvalue weighted by atomic mass is 35.5. The Kier molecular flexibility index (Phi) is 8.85. The maximum absolute atomic E-state index is 13.7. The zero-order valence-corrected chi connectivity index (χ0v) is 24.2. The van der Waals surface area contributed by atoms with Crippen LogP contribution >= 0.6 is 23.2 Å². The molecule has 0 radical (unpaired) electrons. The third kappa shape index (κ3) is 7.05. The summed E-state index contributed by atoms with van der Waals surface area (Å²) in [7, 11) is -1.20. The first-order valence-corrected chi connectivity index (χ1v) is 14.7. The number of rotatable bonds is 5. The van der Waals surface area contributed by atoms with Crippen molar-refractivity contribution in [2.24, 2.45) is 0 Å². The van der Waals surface area contributed by atoms with Crippen molar-refractivity contribution in [3.63, 3.8) is 0 Å². The van der Waals surface area contributed by atoms with E-state index in [0.29, 0.717) is 70.6 Å². The molecule has 0 fully saturated rings. The molecule has 0 spiro atoms. The summed E-state index contributed by atoms with van der Waals surface area (Å²) in [6, 6.07) is 11.7. The van der Waals surface area contributed by atoms with Gasteiger partial charge < -0.3 is 19.9 Å². The maximum Gasteiger partial charge on any atom is 0.490 e. The number of aliphatic carboxylic acids is 1. The van der Waals surface area contributed by atoms with Crippen LogP contribution in [0.2, 0.25) is 10.0 Å². The van der Waals surface area contributed by atoms with Crippen LogP contribution in [0.15, 0.2) is 47.4 Å². The number of carbonyl (C=O) groups is 1. The zero-order valence-electron chi connectivity index (χ0n) is 21.9. The van der Waals surface area contributed by atoms with E-state index in [9.17, 15) is 21.8 Å². The number of nitrogens with one attached hydrogen (secondary N) is 1. The number of fused-ring (bicyclic) bond motifs is 2. The summed E-state index contributed by atoms with van der Waals surface area (Å²) in [6.07, 6.45) is -3.89. The maximum atomic E-state index is 13.7. The fourth-order valence-electron chi connectivity index (χ4n) is 4.46. The molecular weight excluding hydrogens is 637 g/mol. The van der Waals surface area contributed by atoms with Crippen LogP contribution in [0.25, 0.3) is 0 Å². The Labute approximate surface area is 254 Å². The van der Waals surface area contributed by atoms with E-state index >= 15 is 0 Å². The molecule has 1 unspecified atom stereocenters. The van der Waals surface area contributed by atoms with Gasteiger partial charge in [-0.3, -0.25) is 4.21 Å². The molecule has 0 bridgehead atoms. The first-order valence-electron chi connectivity index (χ1n) is 12.6. The van der Waals surface area contributed by atoms with Gasteiger partial charge in [-0.25, -0.2) is 14.2 Å². The topological polar surface area (TPSA) is 126 Å². The minimum absolute atomic E-state index is 0.362. The van der Waals surface area contributed by atoms with E-state index in [1.807, 2.05) is 17.0 Å². The van der Waals surface area contributed by atoms with E-state index in [1.54, 1.807) is 18.2 Å². The summed E-state index contributed by atoms with van der Waals surface area (Å²) in [5.74, 6) is 0.00475. The number of carboxylic acids is 1. The Morgan fingerprint density at radius 1 is 1.07 bits per heavy atom. The minimum Gasteiger partial charge on any atom is -0.475 e. The van der Waals surface area contributed by atoms with Gasteiger partial charge in [-0.05, 0) is 35.9 Å². The van der Waals surface area contributed by atoms with E-state index in [4.69, 9.17) is 43.1 Å². The molecule has 2 aromatic carbocycles. The molecule has 17 heteroatoms. The molecule has 4 heterocycles. The molecule has 10 nitrogen and oxygen atoms in total. The normalized spacial score (nSPS) is 15.8. The SMILES string of the molecule is O=C(O)C(F)(F)F.O=S1CCc2nc(N3CCn4c(Cc5ccc(Cl)c(Cl)c5)nnc4C3)nc(Nc3cccc(F)c3)c21. The van der Waals surface area contributed by atoms with Crippen molar-refractivity contribution in [2.75, 3.05) is 22.5 Å². The number of anilines is 3. The highest BCUT2D eigenvalue weighted by Crippen LogP contribution is 2.33. The van der Waals surface area contributed by atoms with Gasteiger partial charge in [-0.2, -0.15) is 18.2 Å². The predicted octanol–water partition coefficient (Wildman–Crippen LogP) is 5.17. The molecule has 6 rings (SSSR count). The molecule has 2 aliphatic heterocycles. The van der Waals surface area contributed by atoms with Crippen LogP contribution in [-0.2, 0) is 41.5 Å². The quantitative estimate of drug-likeness (QED) is 0.280. The number of alkyl halides is 3. The third-order valence-electron chi connectivity index (χ3n) is 6.46. The van der Waals surface area contributed by atoms with Crippen LogP contribution in [0.1, 0.15) is 22.9 Å². The molecular formula is C26H21Cl2F4N7O3S. The van der Waals surface area contributed by atoms with Crippen LogP contribution in [0.5, 0.6) is 0 Å². The molecule has 2 aliphatic rings. The molecule has 1 atom stereocenters. The fourth-order valence-corrected chi connectivity index (χ4v) is 6.09. The van der Waals surface area contributed by atoms with Crippen molar-refractivity contribution in [3.8, 4) is 0 Å². The number of aryl methyl sites for hydroxylation is 1. The van der Waals surface area contributed by atoms with Crippen molar-refractivity contribution < 1.29 is 31.7 Å². The average molecular weight is 658 g/mol.